The van der Waals surface area contributed by atoms with Crippen molar-refractivity contribution >= 4 is 5.97 Å². The summed E-state index contributed by atoms with van der Waals surface area (Å²) in [7, 11) is 0. The highest BCUT2D eigenvalue weighted by molar-refractivity contribution is 5.69. The SMILES string of the molecule is CCCCCCCCCCCCCCCCCCOC(=O)CCC1=CC(C(C)(C)C)C(O)(O)C(C(C)(C)C)=C1. The van der Waals surface area contributed by atoms with Crippen LogP contribution in [0.2, 0.25) is 0 Å². The monoisotopic (exact) mass is 548 g/mol. The molecule has 0 aromatic carbocycles. The summed E-state index contributed by atoms with van der Waals surface area (Å²) in [4.78, 5) is 12.4. The van der Waals surface area contributed by atoms with Crippen molar-refractivity contribution < 1.29 is 19.7 Å². The molecule has 0 aliphatic heterocycles. The minimum Gasteiger partial charge on any atom is -0.466 e. The second-order valence-electron chi connectivity index (χ2n) is 14.1. The normalized spacial score (nSPS) is 17.6. The van der Waals surface area contributed by atoms with Crippen molar-refractivity contribution in [1.82, 2.24) is 0 Å². The highest BCUT2D eigenvalue weighted by atomic mass is 16.5. The summed E-state index contributed by atoms with van der Waals surface area (Å²) in [5.41, 5.74) is 0.875. The lowest BCUT2D eigenvalue weighted by molar-refractivity contribution is -0.188. The van der Waals surface area contributed by atoms with E-state index < -0.39 is 11.7 Å². The molecule has 4 nitrogen and oxygen atoms in total. The minimum atomic E-state index is -1.90. The zero-order chi connectivity index (χ0) is 29.4. The number of hydrogen-bond acceptors (Lipinski definition) is 4. The number of allylic oxidation sites excluding steroid dienone is 2. The van der Waals surface area contributed by atoms with Crippen LogP contribution >= 0.6 is 0 Å². The maximum Gasteiger partial charge on any atom is 0.306 e. The average Bonchev–Trinajstić information content (AvgIpc) is 2.83. The summed E-state index contributed by atoms with van der Waals surface area (Å²) in [5.74, 6) is -2.51. The molecule has 1 rings (SSSR count). The molecule has 0 aromatic heterocycles. The van der Waals surface area contributed by atoms with Crippen molar-refractivity contribution in [1.29, 1.82) is 0 Å². The Kier molecular flexibility index (Phi) is 16.9. The Bertz CT molecular complexity index is 733. The van der Waals surface area contributed by atoms with E-state index in [9.17, 15) is 15.0 Å². The standard InChI is InChI=1S/C35H64O4/c1-8-9-10-11-12-13-14-15-16-17-18-19-20-21-22-23-26-39-32(36)25-24-29-27-30(33(2,3)4)35(37,38)31(28-29)34(5,6)7/h27-28,30,37-38H,8-26H2,1-7H3. The molecule has 0 heterocycles. The third-order valence-electron chi connectivity index (χ3n) is 8.16. The Hall–Kier alpha value is -1.13. The number of aliphatic hydroxyl groups is 2. The van der Waals surface area contributed by atoms with Crippen LogP contribution in [0.4, 0.5) is 0 Å². The summed E-state index contributed by atoms with van der Waals surface area (Å²) < 4.78 is 5.50. The summed E-state index contributed by atoms with van der Waals surface area (Å²) in [6.45, 7) is 14.8. The first-order valence-electron chi connectivity index (χ1n) is 16.3. The summed E-state index contributed by atoms with van der Waals surface area (Å²) >= 11 is 0. The lowest BCUT2D eigenvalue weighted by Gasteiger charge is -2.46. The predicted molar refractivity (Wildman–Crippen MR) is 165 cm³/mol. The number of ether oxygens (including phenoxy) is 1. The van der Waals surface area contributed by atoms with E-state index in [1.54, 1.807) is 0 Å². The number of esters is 1. The van der Waals surface area contributed by atoms with Crippen molar-refractivity contribution in [3.8, 4) is 0 Å². The van der Waals surface area contributed by atoms with Gasteiger partial charge in [-0.1, -0.05) is 163 Å². The molecule has 0 saturated heterocycles. The number of hydrogen-bond donors (Lipinski definition) is 2. The molecule has 0 saturated carbocycles. The van der Waals surface area contributed by atoms with E-state index in [1.165, 1.54) is 89.9 Å². The van der Waals surface area contributed by atoms with Gasteiger partial charge in [0, 0.05) is 12.3 Å². The van der Waals surface area contributed by atoms with Gasteiger partial charge >= 0.3 is 5.97 Å². The first-order chi connectivity index (χ1) is 18.3. The van der Waals surface area contributed by atoms with Crippen LogP contribution in [-0.4, -0.2) is 28.6 Å². The van der Waals surface area contributed by atoms with Crippen LogP contribution in [0.3, 0.4) is 0 Å². The topological polar surface area (TPSA) is 66.8 Å². The molecular weight excluding hydrogens is 484 g/mol. The van der Waals surface area contributed by atoms with E-state index >= 15 is 0 Å². The van der Waals surface area contributed by atoms with Gasteiger partial charge < -0.3 is 14.9 Å². The molecule has 0 amide bonds. The molecule has 1 aliphatic carbocycles. The number of rotatable bonds is 20. The van der Waals surface area contributed by atoms with Gasteiger partial charge in [0.05, 0.1) is 6.61 Å². The van der Waals surface area contributed by atoms with Gasteiger partial charge in [-0.2, -0.15) is 0 Å². The molecular formula is C35H64O4. The number of carbonyl (C=O) groups is 1. The first-order valence-corrected chi connectivity index (χ1v) is 16.3. The second kappa shape index (κ2) is 18.3. The maximum atomic E-state index is 12.4. The highest BCUT2D eigenvalue weighted by Gasteiger charge is 2.48. The zero-order valence-corrected chi connectivity index (χ0v) is 26.9. The fourth-order valence-electron chi connectivity index (χ4n) is 5.77. The van der Waals surface area contributed by atoms with E-state index in [2.05, 4.69) is 6.92 Å². The van der Waals surface area contributed by atoms with Crippen LogP contribution in [0.5, 0.6) is 0 Å². The Morgan fingerprint density at radius 2 is 1.21 bits per heavy atom. The van der Waals surface area contributed by atoms with Crippen molar-refractivity contribution in [2.75, 3.05) is 6.61 Å². The van der Waals surface area contributed by atoms with Gasteiger partial charge in [-0.15, -0.1) is 0 Å². The van der Waals surface area contributed by atoms with Crippen molar-refractivity contribution in [3.05, 3.63) is 23.3 Å². The Balaban J connectivity index is 2.16. The molecule has 1 unspecified atom stereocenters. The van der Waals surface area contributed by atoms with Crippen LogP contribution in [0.15, 0.2) is 23.3 Å². The van der Waals surface area contributed by atoms with E-state index in [1.807, 2.05) is 53.7 Å². The van der Waals surface area contributed by atoms with Gasteiger partial charge in [0.1, 0.15) is 0 Å². The fraction of sp³-hybridized carbons (Fsp3) is 0.857. The lowest BCUT2D eigenvalue weighted by Crippen LogP contribution is -2.49. The van der Waals surface area contributed by atoms with Crippen LogP contribution in [-0.2, 0) is 9.53 Å². The number of carbonyl (C=O) groups excluding carboxylic acids is 1. The van der Waals surface area contributed by atoms with Gasteiger partial charge in [0.2, 0.25) is 0 Å². The van der Waals surface area contributed by atoms with Crippen molar-refractivity contribution in [2.45, 2.75) is 170 Å². The molecule has 228 valence electrons. The van der Waals surface area contributed by atoms with E-state index in [-0.39, 0.29) is 16.8 Å². The summed E-state index contributed by atoms with van der Waals surface area (Å²) in [6, 6.07) is 0. The molecule has 0 aromatic rings. The molecule has 0 bridgehead atoms. The molecule has 0 spiro atoms. The third-order valence-corrected chi connectivity index (χ3v) is 8.16. The van der Waals surface area contributed by atoms with Gasteiger partial charge in [0.15, 0.2) is 5.79 Å². The first kappa shape index (κ1) is 35.9. The smallest absolute Gasteiger partial charge is 0.306 e. The lowest BCUT2D eigenvalue weighted by atomic mass is 9.65. The van der Waals surface area contributed by atoms with Crippen LogP contribution < -0.4 is 0 Å². The van der Waals surface area contributed by atoms with Crippen LogP contribution in [0.25, 0.3) is 0 Å². The maximum absolute atomic E-state index is 12.4. The summed E-state index contributed by atoms with van der Waals surface area (Å²) in [6.07, 6.45) is 26.0. The van der Waals surface area contributed by atoms with Crippen LogP contribution in [0, 0.1) is 16.7 Å². The molecule has 39 heavy (non-hydrogen) atoms. The zero-order valence-electron chi connectivity index (χ0n) is 26.9. The Labute approximate surface area is 242 Å². The molecule has 1 aliphatic rings. The number of unbranched alkanes of at least 4 members (excludes halogenated alkanes) is 15. The fourth-order valence-corrected chi connectivity index (χ4v) is 5.77. The van der Waals surface area contributed by atoms with Gasteiger partial charge in [0.25, 0.3) is 0 Å². The highest BCUT2D eigenvalue weighted by Crippen LogP contribution is 2.47. The molecule has 4 heteroatoms. The molecule has 0 fully saturated rings. The molecule has 2 N–H and O–H groups in total. The third kappa shape index (κ3) is 14.9. The van der Waals surface area contributed by atoms with Gasteiger partial charge in [-0.25, -0.2) is 0 Å². The van der Waals surface area contributed by atoms with Gasteiger partial charge in [-0.05, 0) is 29.2 Å². The quantitative estimate of drug-likeness (QED) is 0.0902. The Morgan fingerprint density at radius 1 is 0.769 bits per heavy atom. The molecule has 0 radical (unpaired) electrons. The molecule has 1 atom stereocenters. The summed E-state index contributed by atoms with van der Waals surface area (Å²) in [5, 5.41) is 22.1. The Morgan fingerprint density at radius 3 is 1.62 bits per heavy atom. The average molecular weight is 549 g/mol. The minimum absolute atomic E-state index is 0.167. The van der Waals surface area contributed by atoms with E-state index in [0.29, 0.717) is 25.0 Å². The van der Waals surface area contributed by atoms with Crippen molar-refractivity contribution in [2.24, 2.45) is 16.7 Å². The van der Waals surface area contributed by atoms with E-state index in [0.717, 1.165) is 18.4 Å². The van der Waals surface area contributed by atoms with Gasteiger partial charge in [-0.3, -0.25) is 4.79 Å². The van der Waals surface area contributed by atoms with Crippen molar-refractivity contribution in [3.63, 3.8) is 0 Å². The second-order valence-corrected chi connectivity index (χ2v) is 14.1. The predicted octanol–water partition coefficient (Wildman–Crippen LogP) is 9.83. The van der Waals surface area contributed by atoms with Crippen LogP contribution in [0.1, 0.15) is 164 Å². The van der Waals surface area contributed by atoms with E-state index in [4.69, 9.17) is 4.74 Å². The largest absolute Gasteiger partial charge is 0.466 e.